The van der Waals surface area contributed by atoms with Crippen molar-refractivity contribution in [2.75, 3.05) is 0 Å². The van der Waals surface area contributed by atoms with E-state index in [-0.39, 0.29) is 17.1 Å². The van der Waals surface area contributed by atoms with Crippen LogP contribution in [0.15, 0.2) is 63.1 Å². The zero-order valence-electron chi connectivity index (χ0n) is 12.7. The van der Waals surface area contributed by atoms with E-state index in [1.165, 1.54) is 18.2 Å². The summed E-state index contributed by atoms with van der Waals surface area (Å²) in [6.45, 7) is 0. The number of furan rings is 1. The highest BCUT2D eigenvalue weighted by Gasteiger charge is 2.20. The number of hydrogen-bond acceptors (Lipinski definition) is 7. The van der Waals surface area contributed by atoms with E-state index in [9.17, 15) is 9.90 Å². The molecule has 1 amide bonds. The molecule has 5 N–H and O–H groups in total. The maximum Gasteiger partial charge on any atom is 0.275 e. The molecule has 0 spiro atoms. The molecule has 9 heteroatoms. The number of amides is 1. The fourth-order valence-electron chi connectivity index (χ4n) is 2.18. The number of hydrogen-bond donors (Lipinski definition) is 5. The average molecular weight is 362 g/mol. The quantitative estimate of drug-likeness (QED) is 0.356. The van der Waals surface area contributed by atoms with Crippen molar-refractivity contribution in [3.8, 4) is 5.75 Å². The molecule has 0 radical (unpaired) electrons. The highest BCUT2D eigenvalue weighted by molar-refractivity contribution is 8.19. The third-order valence-electron chi connectivity index (χ3n) is 3.34. The lowest BCUT2D eigenvalue weighted by Gasteiger charge is -2.14. The van der Waals surface area contributed by atoms with Crippen molar-refractivity contribution >= 4 is 33.8 Å². The Balaban J connectivity index is 1.74. The van der Waals surface area contributed by atoms with Gasteiger partial charge in [-0.05, 0) is 35.0 Å². The standard InChI is InChI=1S/C16H14N2O6S/c19-14-8-11-4-2-1-3-10(11)7-13(14)16(20)18-17-9-12-5-6-15(24-12)25(21,22)23/h1-9,19,21-23H,(H,18,20)/b17-9+. The van der Waals surface area contributed by atoms with Gasteiger partial charge in [-0.3, -0.25) is 4.79 Å². The molecule has 0 saturated heterocycles. The second-order valence-electron chi connectivity index (χ2n) is 5.09. The molecule has 0 atom stereocenters. The number of rotatable bonds is 4. The summed E-state index contributed by atoms with van der Waals surface area (Å²) in [5.41, 5.74) is 2.29. The maximum atomic E-state index is 12.1. The first-order chi connectivity index (χ1) is 11.8. The van der Waals surface area contributed by atoms with Gasteiger partial charge in [0, 0.05) is 0 Å². The number of phenols is 1. The van der Waals surface area contributed by atoms with Gasteiger partial charge >= 0.3 is 0 Å². The van der Waals surface area contributed by atoms with E-state index < -0.39 is 21.9 Å². The van der Waals surface area contributed by atoms with Crippen LogP contribution in [0.25, 0.3) is 10.8 Å². The first-order valence-electron chi connectivity index (χ1n) is 7.00. The van der Waals surface area contributed by atoms with Crippen molar-refractivity contribution in [3.05, 3.63) is 59.9 Å². The van der Waals surface area contributed by atoms with Crippen LogP contribution in [0.3, 0.4) is 0 Å². The molecular formula is C16H14N2O6S. The monoisotopic (exact) mass is 362 g/mol. The van der Waals surface area contributed by atoms with Crippen molar-refractivity contribution in [1.82, 2.24) is 5.43 Å². The number of fused-ring (bicyclic) bond motifs is 1. The molecule has 0 bridgehead atoms. The van der Waals surface area contributed by atoms with Crippen LogP contribution in [0.5, 0.6) is 5.75 Å². The van der Waals surface area contributed by atoms with Crippen LogP contribution in [0.1, 0.15) is 16.1 Å². The summed E-state index contributed by atoms with van der Waals surface area (Å²) in [6.07, 6.45) is 1.12. The molecule has 0 aliphatic carbocycles. The molecular weight excluding hydrogens is 348 g/mol. The molecule has 3 rings (SSSR count). The number of carbonyl (C=O) groups excluding carboxylic acids is 1. The van der Waals surface area contributed by atoms with E-state index in [2.05, 4.69) is 10.5 Å². The van der Waals surface area contributed by atoms with Gasteiger partial charge in [0.1, 0.15) is 22.4 Å². The molecule has 25 heavy (non-hydrogen) atoms. The molecule has 2 aromatic carbocycles. The number of aromatic hydroxyl groups is 1. The molecule has 1 aromatic heterocycles. The van der Waals surface area contributed by atoms with Crippen molar-refractivity contribution < 1.29 is 28.0 Å². The minimum Gasteiger partial charge on any atom is -0.507 e. The van der Waals surface area contributed by atoms with Gasteiger partial charge in [-0.15, -0.1) is 0 Å². The topological polar surface area (TPSA) is 136 Å². The van der Waals surface area contributed by atoms with Crippen LogP contribution < -0.4 is 5.43 Å². The lowest BCUT2D eigenvalue weighted by molar-refractivity contribution is 0.0952. The van der Waals surface area contributed by atoms with E-state index in [4.69, 9.17) is 18.1 Å². The van der Waals surface area contributed by atoms with Crippen LogP contribution in [0.4, 0.5) is 0 Å². The Labute approximate surface area is 143 Å². The molecule has 0 unspecified atom stereocenters. The van der Waals surface area contributed by atoms with Gasteiger partial charge in [-0.2, -0.15) is 5.10 Å². The van der Waals surface area contributed by atoms with E-state index >= 15 is 0 Å². The van der Waals surface area contributed by atoms with Gasteiger partial charge in [0.15, 0.2) is 0 Å². The highest BCUT2D eigenvalue weighted by Crippen LogP contribution is 2.43. The molecule has 3 aromatic rings. The molecule has 1 heterocycles. The number of benzene rings is 2. The van der Waals surface area contributed by atoms with Crippen molar-refractivity contribution in [1.29, 1.82) is 0 Å². The summed E-state index contributed by atoms with van der Waals surface area (Å²) in [5.74, 6) is -0.717. The predicted molar refractivity (Wildman–Crippen MR) is 93.1 cm³/mol. The number of nitrogens with zero attached hydrogens (tertiary/aromatic N) is 1. The Bertz CT molecular complexity index is 961. The lowest BCUT2D eigenvalue weighted by Crippen LogP contribution is -2.17. The van der Waals surface area contributed by atoms with Gasteiger partial charge < -0.3 is 23.2 Å². The van der Waals surface area contributed by atoms with Gasteiger partial charge in [0.05, 0.1) is 11.8 Å². The molecule has 0 fully saturated rings. The predicted octanol–water partition coefficient (Wildman–Crippen LogP) is 3.48. The summed E-state index contributed by atoms with van der Waals surface area (Å²) in [6, 6.07) is 12.8. The third kappa shape index (κ3) is 3.80. The molecule has 0 saturated carbocycles. The van der Waals surface area contributed by atoms with Gasteiger partial charge in [-0.1, -0.05) is 24.3 Å². The SMILES string of the molecule is O=C(N/N=C/c1ccc(S(O)(O)O)o1)c1cc2ccccc2cc1O. The molecule has 0 aliphatic rings. The normalized spacial score (nSPS) is 12.6. The fourth-order valence-corrected chi connectivity index (χ4v) is 2.63. The zero-order valence-corrected chi connectivity index (χ0v) is 13.5. The average Bonchev–Trinajstić information content (AvgIpc) is 3.03. The number of phenolic OH excluding ortho intramolecular Hbond substituents is 1. The molecule has 0 aliphatic heterocycles. The van der Waals surface area contributed by atoms with E-state index in [1.54, 1.807) is 6.07 Å². The fraction of sp³-hybridized carbons (Fsp3) is 0. The van der Waals surface area contributed by atoms with Crippen LogP contribution in [-0.2, 0) is 0 Å². The summed E-state index contributed by atoms with van der Waals surface area (Å²) < 4.78 is 32.1. The second-order valence-corrected chi connectivity index (χ2v) is 6.53. The first kappa shape index (κ1) is 17.0. The summed E-state index contributed by atoms with van der Waals surface area (Å²) in [7, 11) is -3.94. The minimum atomic E-state index is -3.94. The number of nitrogens with one attached hydrogen (secondary N) is 1. The van der Waals surface area contributed by atoms with Gasteiger partial charge in [-0.25, -0.2) is 5.43 Å². The second kappa shape index (κ2) is 6.57. The zero-order chi connectivity index (χ0) is 18.0. The Kier molecular flexibility index (Phi) is 4.47. The number of carbonyl (C=O) groups is 1. The number of hydrazone groups is 1. The van der Waals surface area contributed by atoms with Crippen LogP contribution in [0, 0.1) is 0 Å². The third-order valence-corrected chi connectivity index (χ3v) is 4.10. The summed E-state index contributed by atoms with van der Waals surface area (Å²) in [5, 5.41) is 14.8. The van der Waals surface area contributed by atoms with Crippen molar-refractivity contribution in [2.24, 2.45) is 5.10 Å². The Morgan fingerprint density at radius 3 is 2.40 bits per heavy atom. The van der Waals surface area contributed by atoms with Crippen molar-refractivity contribution in [2.45, 2.75) is 5.09 Å². The van der Waals surface area contributed by atoms with Gasteiger partial charge in [0.25, 0.3) is 5.91 Å². The first-order valence-corrected chi connectivity index (χ1v) is 8.50. The minimum absolute atomic E-state index is 0.0560. The van der Waals surface area contributed by atoms with E-state index in [1.807, 2.05) is 24.3 Å². The Morgan fingerprint density at radius 2 is 1.76 bits per heavy atom. The maximum absolute atomic E-state index is 12.1. The lowest BCUT2D eigenvalue weighted by atomic mass is 10.1. The van der Waals surface area contributed by atoms with Gasteiger partial charge in [0.2, 0.25) is 5.09 Å². The van der Waals surface area contributed by atoms with Crippen LogP contribution in [0.2, 0.25) is 0 Å². The largest absolute Gasteiger partial charge is 0.507 e. The highest BCUT2D eigenvalue weighted by atomic mass is 32.3. The van der Waals surface area contributed by atoms with Crippen LogP contribution >= 0.6 is 10.9 Å². The Hall–Kier alpha value is -2.85. The van der Waals surface area contributed by atoms with E-state index in [0.29, 0.717) is 0 Å². The molecule has 130 valence electrons. The van der Waals surface area contributed by atoms with E-state index in [0.717, 1.165) is 17.0 Å². The molecule has 8 nitrogen and oxygen atoms in total. The summed E-state index contributed by atoms with van der Waals surface area (Å²) >= 11 is 0. The summed E-state index contributed by atoms with van der Waals surface area (Å²) in [4.78, 5) is 12.1. The van der Waals surface area contributed by atoms with Crippen molar-refractivity contribution in [3.63, 3.8) is 0 Å². The Morgan fingerprint density at radius 1 is 1.08 bits per heavy atom. The van der Waals surface area contributed by atoms with Crippen LogP contribution in [-0.4, -0.2) is 30.9 Å². The smallest absolute Gasteiger partial charge is 0.275 e.